The quantitative estimate of drug-likeness (QED) is 0.598. The number of aryl methyl sites for hydroxylation is 1. The number of aromatic nitrogens is 2. The first kappa shape index (κ1) is 15.9. The van der Waals surface area contributed by atoms with Gasteiger partial charge >= 0.3 is 6.18 Å². The van der Waals surface area contributed by atoms with Crippen LogP contribution in [-0.4, -0.2) is 15.3 Å². The molecule has 6 heteroatoms. The summed E-state index contributed by atoms with van der Waals surface area (Å²) in [6.07, 6.45) is -3.49. The highest BCUT2D eigenvalue weighted by Gasteiger charge is 2.31. The summed E-state index contributed by atoms with van der Waals surface area (Å²) in [4.78, 5) is 5.11. The SMILES string of the molecule is CCSc1ccccc1-c1cc2cc(C(F)(F)F)cnc2n1C. The molecule has 0 saturated heterocycles. The molecule has 0 unspecified atom stereocenters. The Balaban J connectivity index is 2.18. The number of fused-ring (bicyclic) bond motifs is 1. The summed E-state index contributed by atoms with van der Waals surface area (Å²) in [7, 11) is 1.82. The lowest BCUT2D eigenvalue weighted by molar-refractivity contribution is -0.137. The summed E-state index contributed by atoms with van der Waals surface area (Å²) in [6.45, 7) is 2.07. The summed E-state index contributed by atoms with van der Waals surface area (Å²) in [5.74, 6) is 0.928. The van der Waals surface area contributed by atoms with E-state index in [2.05, 4.69) is 11.9 Å². The molecule has 0 aliphatic carbocycles. The van der Waals surface area contributed by atoms with Crippen LogP contribution in [0.3, 0.4) is 0 Å². The van der Waals surface area contributed by atoms with Crippen molar-refractivity contribution in [3.05, 3.63) is 48.2 Å². The van der Waals surface area contributed by atoms with Crippen molar-refractivity contribution in [3.8, 4) is 11.3 Å². The minimum Gasteiger partial charge on any atom is -0.328 e. The first-order chi connectivity index (χ1) is 10.9. The van der Waals surface area contributed by atoms with E-state index < -0.39 is 11.7 Å². The van der Waals surface area contributed by atoms with E-state index in [0.717, 1.165) is 34.2 Å². The van der Waals surface area contributed by atoms with Gasteiger partial charge in [-0.25, -0.2) is 4.98 Å². The second kappa shape index (κ2) is 5.92. The maximum Gasteiger partial charge on any atom is 0.417 e. The normalized spacial score (nSPS) is 12.0. The number of rotatable bonds is 3. The fourth-order valence-corrected chi connectivity index (χ4v) is 3.41. The molecule has 120 valence electrons. The number of benzene rings is 1. The van der Waals surface area contributed by atoms with Gasteiger partial charge in [0.2, 0.25) is 0 Å². The highest BCUT2D eigenvalue weighted by atomic mass is 32.2. The van der Waals surface area contributed by atoms with E-state index in [0.29, 0.717) is 11.0 Å². The van der Waals surface area contributed by atoms with Gasteiger partial charge in [0.05, 0.1) is 11.3 Å². The third-order valence-electron chi connectivity index (χ3n) is 3.66. The summed E-state index contributed by atoms with van der Waals surface area (Å²) in [5, 5.41) is 0.494. The van der Waals surface area contributed by atoms with Crippen molar-refractivity contribution in [3.63, 3.8) is 0 Å². The van der Waals surface area contributed by atoms with Crippen molar-refractivity contribution in [2.24, 2.45) is 7.05 Å². The molecule has 2 aromatic heterocycles. The molecule has 0 radical (unpaired) electrons. The Morgan fingerprint density at radius 3 is 2.61 bits per heavy atom. The molecule has 23 heavy (non-hydrogen) atoms. The number of alkyl halides is 3. The monoisotopic (exact) mass is 336 g/mol. The standard InChI is InChI=1S/C17H15F3N2S/c1-3-23-15-7-5-4-6-13(15)14-9-11-8-12(17(18,19)20)10-21-16(11)22(14)2/h4-10H,3H2,1-2H3. The molecular weight excluding hydrogens is 321 g/mol. The van der Waals surface area contributed by atoms with Crippen molar-refractivity contribution in [2.45, 2.75) is 18.0 Å². The third-order valence-corrected chi connectivity index (χ3v) is 4.61. The zero-order chi connectivity index (χ0) is 16.6. The van der Waals surface area contributed by atoms with Crippen LogP contribution in [0.4, 0.5) is 13.2 Å². The number of nitrogens with zero attached hydrogens (tertiary/aromatic N) is 2. The van der Waals surface area contributed by atoms with Gasteiger partial charge in [-0.3, -0.25) is 0 Å². The van der Waals surface area contributed by atoms with E-state index in [1.807, 2.05) is 35.9 Å². The Kier molecular flexibility index (Phi) is 4.10. The van der Waals surface area contributed by atoms with E-state index in [1.54, 1.807) is 17.8 Å². The van der Waals surface area contributed by atoms with E-state index in [1.165, 1.54) is 0 Å². The Morgan fingerprint density at radius 1 is 1.17 bits per heavy atom. The maximum absolute atomic E-state index is 12.9. The topological polar surface area (TPSA) is 17.8 Å². The second-order valence-corrected chi connectivity index (χ2v) is 6.46. The van der Waals surface area contributed by atoms with Crippen molar-refractivity contribution in [1.29, 1.82) is 0 Å². The highest BCUT2D eigenvalue weighted by molar-refractivity contribution is 7.99. The maximum atomic E-state index is 12.9. The molecule has 0 amide bonds. The largest absolute Gasteiger partial charge is 0.417 e. The molecule has 2 heterocycles. The second-order valence-electron chi connectivity index (χ2n) is 5.15. The van der Waals surface area contributed by atoms with Gasteiger partial charge in [-0.15, -0.1) is 11.8 Å². The molecular formula is C17H15F3N2S. The van der Waals surface area contributed by atoms with Gasteiger partial charge in [-0.1, -0.05) is 25.1 Å². The molecule has 1 aromatic carbocycles. The van der Waals surface area contributed by atoms with Crippen LogP contribution in [0.5, 0.6) is 0 Å². The third kappa shape index (κ3) is 2.95. The predicted octanol–water partition coefficient (Wildman–Crippen LogP) is 5.37. The van der Waals surface area contributed by atoms with Gasteiger partial charge in [0.15, 0.2) is 0 Å². The Labute approximate surface area is 136 Å². The molecule has 0 N–H and O–H groups in total. The van der Waals surface area contributed by atoms with Crippen LogP contribution in [0, 0.1) is 0 Å². The van der Waals surface area contributed by atoms with Crippen LogP contribution in [0.2, 0.25) is 0 Å². The van der Waals surface area contributed by atoms with Crippen molar-refractivity contribution >= 4 is 22.8 Å². The van der Waals surface area contributed by atoms with Crippen molar-refractivity contribution in [1.82, 2.24) is 9.55 Å². The molecule has 0 fully saturated rings. The van der Waals surface area contributed by atoms with Gasteiger partial charge in [-0.2, -0.15) is 13.2 Å². The molecule has 2 nitrogen and oxygen atoms in total. The van der Waals surface area contributed by atoms with Crippen LogP contribution in [-0.2, 0) is 13.2 Å². The van der Waals surface area contributed by atoms with E-state index in [-0.39, 0.29) is 0 Å². The number of hydrogen-bond acceptors (Lipinski definition) is 2. The van der Waals surface area contributed by atoms with Crippen LogP contribution in [0.1, 0.15) is 12.5 Å². The Hall–Kier alpha value is -1.95. The molecule has 3 aromatic rings. The average Bonchev–Trinajstić information content (AvgIpc) is 2.84. The molecule has 0 atom stereocenters. The smallest absolute Gasteiger partial charge is 0.328 e. The van der Waals surface area contributed by atoms with E-state index in [9.17, 15) is 13.2 Å². The lowest BCUT2D eigenvalue weighted by atomic mass is 10.1. The predicted molar refractivity (Wildman–Crippen MR) is 87.6 cm³/mol. The van der Waals surface area contributed by atoms with Crippen LogP contribution >= 0.6 is 11.8 Å². The molecule has 0 aliphatic heterocycles. The zero-order valence-electron chi connectivity index (χ0n) is 12.7. The van der Waals surface area contributed by atoms with Crippen molar-refractivity contribution < 1.29 is 13.2 Å². The van der Waals surface area contributed by atoms with E-state index >= 15 is 0 Å². The fraction of sp³-hybridized carbons (Fsp3) is 0.235. The molecule has 0 bridgehead atoms. The van der Waals surface area contributed by atoms with Crippen LogP contribution in [0.15, 0.2) is 47.5 Å². The lowest BCUT2D eigenvalue weighted by Crippen LogP contribution is -2.05. The Bertz CT molecular complexity index is 853. The summed E-state index contributed by atoms with van der Waals surface area (Å²) >= 11 is 1.71. The number of hydrogen-bond donors (Lipinski definition) is 0. The van der Waals surface area contributed by atoms with Crippen LogP contribution in [0.25, 0.3) is 22.3 Å². The Morgan fingerprint density at radius 2 is 1.91 bits per heavy atom. The summed E-state index contributed by atoms with van der Waals surface area (Å²) in [6, 6.07) is 10.8. The van der Waals surface area contributed by atoms with Gasteiger partial charge < -0.3 is 4.57 Å². The molecule has 0 spiro atoms. The molecule has 0 aliphatic rings. The highest BCUT2D eigenvalue weighted by Crippen LogP contribution is 2.36. The van der Waals surface area contributed by atoms with Gasteiger partial charge in [0, 0.05) is 29.1 Å². The van der Waals surface area contributed by atoms with Gasteiger partial charge in [0.25, 0.3) is 0 Å². The zero-order valence-corrected chi connectivity index (χ0v) is 13.5. The minimum absolute atomic E-state index is 0.494. The minimum atomic E-state index is -4.38. The summed E-state index contributed by atoms with van der Waals surface area (Å²) in [5.41, 5.74) is 1.69. The molecule has 0 saturated carbocycles. The average molecular weight is 336 g/mol. The first-order valence-corrected chi connectivity index (χ1v) is 8.15. The lowest BCUT2D eigenvalue weighted by Gasteiger charge is -2.09. The summed E-state index contributed by atoms with van der Waals surface area (Å²) < 4.78 is 40.4. The fourth-order valence-electron chi connectivity index (χ4n) is 2.59. The first-order valence-electron chi connectivity index (χ1n) is 7.16. The van der Waals surface area contributed by atoms with Gasteiger partial charge in [-0.05, 0) is 24.0 Å². The number of thioether (sulfide) groups is 1. The van der Waals surface area contributed by atoms with Crippen molar-refractivity contribution in [2.75, 3.05) is 5.75 Å². The number of pyridine rings is 1. The molecule has 3 rings (SSSR count). The number of halogens is 3. The van der Waals surface area contributed by atoms with Gasteiger partial charge in [0.1, 0.15) is 5.65 Å². The van der Waals surface area contributed by atoms with Crippen LogP contribution < -0.4 is 0 Å². The van der Waals surface area contributed by atoms with E-state index in [4.69, 9.17) is 0 Å².